The first-order chi connectivity index (χ1) is 13.9. The maximum atomic E-state index is 13.4. The fourth-order valence-corrected chi connectivity index (χ4v) is 3.94. The Morgan fingerprint density at radius 3 is 2.79 bits per heavy atom. The molecule has 1 aliphatic carbocycles. The lowest BCUT2D eigenvalue weighted by atomic mass is 10.0. The zero-order valence-corrected chi connectivity index (χ0v) is 17.7. The van der Waals surface area contributed by atoms with Crippen molar-refractivity contribution < 1.29 is 9.21 Å². The molecule has 0 bridgehead atoms. The van der Waals surface area contributed by atoms with Crippen molar-refractivity contribution in [3.63, 3.8) is 0 Å². The number of aryl methyl sites for hydroxylation is 1. The van der Waals surface area contributed by atoms with Gasteiger partial charge < -0.3 is 14.2 Å². The first-order valence-electron chi connectivity index (χ1n) is 9.68. The van der Waals surface area contributed by atoms with Gasteiger partial charge in [0.15, 0.2) is 0 Å². The van der Waals surface area contributed by atoms with Gasteiger partial charge in [-0.2, -0.15) is 0 Å². The second-order valence-corrected chi connectivity index (χ2v) is 8.13. The van der Waals surface area contributed by atoms with Crippen LogP contribution >= 0.6 is 11.6 Å². The van der Waals surface area contributed by atoms with Crippen LogP contribution < -0.4 is 0 Å². The number of hydrogen-bond acceptors (Lipinski definition) is 4. The lowest BCUT2D eigenvalue weighted by Crippen LogP contribution is -2.37. The molecule has 5 nitrogen and oxygen atoms in total. The van der Waals surface area contributed by atoms with Crippen LogP contribution in [0.1, 0.15) is 22.5 Å². The fraction of sp³-hybridized carbons (Fsp3) is 0.304. The number of carbonyl (C=O) groups is 1. The number of carbonyl (C=O) groups excluding carboxylic acids is 1. The highest BCUT2D eigenvalue weighted by Crippen LogP contribution is 2.36. The van der Waals surface area contributed by atoms with Crippen molar-refractivity contribution in [3.05, 3.63) is 69.8 Å². The third kappa shape index (κ3) is 4.07. The summed E-state index contributed by atoms with van der Waals surface area (Å²) in [4.78, 5) is 21.8. The van der Waals surface area contributed by atoms with Gasteiger partial charge in [0, 0.05) is 36.0 Å². The molecule has 1 aromatic carbocycles. The van der Waals surface area contributed by atoms with E-state index in [1.165, 1.54) is 0 Å². The maximum absolute atomic E-state index is 13.4. The minimum absolute atomic E-state index is 0.0105. The molecule has 1 amide bonds. The molecule has 6 heteroatoms. The first kappa shape index (κ1) is 19.7. The number of fused-ring (bicyclic) bond motifs is 3. The Labute approximate surface area is 175 Å². The smallest absolute Gasteiger partial charge is 0.250 e. The van der Waals surface area contributed by atoms with Crippen LogP contribution in [0.2, 0.25) is 5.15 Å². The van der Waals surface area contributed by atoms with E-state index in [2.05, 4.69) is 22.9 Å². The molecule has 2 aromatic heterocycles. The number of pyridine rings is 1. The van der Waals surface area contributed by atoms with Crippen molar-refractivity contribution in [1.82, 2.24) is 14.8 Å². The quantitative estimate of drug-likeness (QED) is 0.569. The van der Waals surface area contributed by atoms with Gasteiger partial charge in [-0.3, -0.25) is 4.79 Å². The summed E-state index contributed by atoms with van der Waals surface area (Å²) in [5, 5.41) is 1.51. The van der Waals surface area contributed by atoms with Crippen LogP contribution in [0, 0.1) is 6.92 Å². The second-order valence-electron chi connectivity index (χ2n) is 7.77. The summed E-state index contributed by atoms with van der Waals surface area (Å²) in [6.45, 7) is 3.89. The van der Waals surface area contributed by atoms with Gasteiger partial charge in [0.25, 0.3) is 5.91 Å². The Morgan fingerprint density at radius 2 is 2.07 bits per heavy atom. The third-order valence-corrected chi connectivity index (χ3v) is 5.52. The van der Waals surface area contributed by atoms with Crippen LogP contribution in [0.15, 0.2) is 46.6 Å². The van der Waals surface area contributed by atoms with Crippen LogP contribution in [0.4, 0.5) is 0 Å². The predicted octanol–water partition coefficient (Wildman–Crippen LogP) is 4.32. The monoisotopic (exact) mass is 409 g/mol. The zero-order valence-electron chi connectivity index (χ0n) is 16.9. The normalized spacial score (nSPS) is 13.1. The fourth-order valence-electron chi connectivity index (χ4n) is 3.68. The van der Waals surface area contributed by atoms with Crippen LogP contribution in [0.25, 0.3) is 17.0 Å². The van der Waals surface area contributed by atoms with Crippen molar-refractivity contribution in [2.24, 2.45) is 0 Å². The topological polar surface area (TPSA) is 49.6 Å². The summed E-state index contributed by atoms with van der Waals surface area (Å²) in [6.07, 6.45) is 4.10. The lowest BCUT2D eigenvalue weighted by molar-refractivity contribution is -0.128. The molecule has 1 aliphatic rings. The lowest BCUT2D eigenvalue weighted by Gasteiger charge is -2.24. The van der Waals surface area contributed by atoms with E-state index in [0.29, 0.717) is 24.7 Å². The minimum atomic E-state index is 0.0105. The van der Waals surface area contributed by atoms with Crippen LogP contribution in [-0.2, 0) is 17.8 Å². The number of benzene rings is 1. The van der Waals surface area contributed by atoms with E-state index in [1.807, 2.05) is 49.3 Å². The summed E-state index contributed by atoms with van der Waals surface area (Å²) >= 11 is 6.45. The van der Waals surface area contributed by atoms with Gasteiger partial charge in [-0.05, 0) is 56.9 Å². The molecule has 0 aliphatic heterocycles. The van der Waals surface area contributed by atoms with Gasteiger partial charge >= 0.3 is 0 Å². The molecule has 29 heavy (non-hydrogen) atoms. The van der Waals surface area contributed by atoms with Crippen LogP contribution in [0.3, 0.4) is 0 Å². The van der Waals surface area contributed by atoms with E-state index >= 15 is 0 Å². The molecule has 0 saturated heterocycles. The van der Waals surface area contributed by atoms with Crippen molar-refractivity contribution in [3.8, 4) is 0 Å². The van der Waals surface area contributed by atoms with Crippen molar-refractivity contribution >= 4 is 34.5 Å². The second kappa shape index (κ2) is 8.01. The van der Waals surface area contributed by atoms with Gasteiger partial charge in [0.05, 0.1) is 18.3 Å². The first-order valence-corrected chi connectivity index (χ1v) is 10.1. The molecule has 0 unspecified atom stereocenters. The molecule has 0 saturated carbocycles. The molecule has 150 valence electrons. The summed E-state index contributed by atoms with van der Waals surface area (Å²) in [7, 11) is 4.00. The maximum Gasteiger partial charge on any atom is 0.250 e. The average molecular weight is 410 g/mol. The molecular weight excluding hydrogens is 386 g/mol. The molecular formula is C23H24ClN3O2. The number of likely N-dealkylation sites (N-methyl/N-ethyl adjacent to an activating group) is 1. The van der Waals surface area contributed by atoms with Gasteiger partial charge in [-0.15, -0.1) is 0 Å². The molecule has 0 spiro atoms. The molecule has 4 rings (SSSR count). The largest absolute Gasteiger partial charge is 0.467 e. The van der Waals surface area contributed by atoms with Gasteiger partial charge in [0.1, 0.15) is 10.9 Å². The summed E-state index contributed by atoms with van der Waals surface area (Å²) in [5.74, 6) is 0.783. The number of hydrogen-bond donors (Lipinski definition) is 0. The Morgan fingerprint density at radius 1 is 1.24 bits per heavy atom. The van der Waals surface area contributed by atoms with Crippen molar-refractivity contribution in [2.75, 3.05) is 27.2 Å². The Hall–Kier alpha value is -2.63. The van der Waals surface area contributed by atoms with Crippen LogP contribution in [0.5, 0.6) is 0 Å². The summed E-state index contributed by atoms with van der Waals surface area (Å²) in [5.41, 5.74) is 4.70. The molecule has 0 atom stereocenters. The third-order valence-electron chi connectivity index (χ3n) is 5.23. The van der Waals surface area contributed by atoms with Crippen molar-refractivity contribution in [1.29, 1.82) is 0 Å². The molecule has 3 aromatic rings. The highest BCUT2D eigenvalue weighted by molar-refractivity contribution is 6.32. The number of nitrogens with zero attached hydrogens (tertiary/aromatic N) is 3. The number of amides is 1. The summed E-state index contributed by atoms with van der Waals surface area (Å²) in [6, 6.07) is 9.86. The van der Waals surface area contributed by atoms with Gasteiger partial charge in [-0.25, -0.2) is 4.98 Å². The number of furan rings is 1. The molecule has 2 heterocycles. The summed E-state index contributed by atoms with van der Waals surface area (Å²) < 4.78 is 5.48. The van der Waals surface area contributed by atoms with E-state index in [-0.39, 0.29) is 5.91 Å². The molecule has 0 radical (unpaired) electrons. The zero-order chi connectivity index (χ0) is 20.5. The number of halogens is 1. The van der Waals surface area contributed by atoms with Crippen molar-refractivity contribution in [2.45, 2.75) is 19.9 Å². The van der Waals surface area contributed by atoms with Gasteiger partial charge in [-0.1, -0.05) is 23.2 Å². The molecule has 0 fully saturated rings. The highest BCUT2D eigenvalue weighted by Gasteiger charge is 2.27. The van der Waals surface area contributed by atoms with E-state index in [4.69, 9.17) is 16.0 Å². The predicted molar refractivity (Wildman–Crippen MR) is 116 cm³/mol. The standard InChI is InChI=1S/C23H24ClN3O2/c1-15-6-7-21-19(11-15)18-12-16(13-20(18)22(24)25-21)23(28)27(9-8-26(2)3)14-17-5-4-10-29-17/h4-7,10-11,13H,8-9,12,14H2,1-3H3. The van der Waals surface area contributed by atoms with Crippen LogP contribution in [-0.4, -0.2) is 47.9 Å². The highest BCUT2D eigenvalue weighted by atomic mass is 35.5. The molecule has 0 N–H and O–H groups in total. The van der Waals surface area contributed by atoms with E-state index in [1.54, 1.807) is 6.26 Å². The average Bonchev–Trinajstić information content (AvgIpc) is 3.35. The van der Waals surface area contributed by atoms with Gasteiger partial charge in [0.2, 0.25) is 0 Å². The number of rotatable bonds is 6. The Kier molecular flexibility index (Phi) is 5.43. The van der Waals surface area contributed by atoms with E-state index in [9.17, 15) is 4.79 Å². The Balaban J connectivity index is 1.64. The number of aromatic nitrogens is 1. The van der Waals surface area contributed by atoms with E-state index < -0.39 is 0 Å². The van der Waals surface area contributed by atoms with E-state index in [0.717, 1.165) is 45.5 Å². The Bertz CT molecular complexity index is 1090. The minimum Gasteiger partial charge on any atom is -0.467 e. The SMILES string of the molecule is Cc1ccc2nc(Cl)c3c(c2c1)CC(C(=O)N(CCN(C)C)Cc1ccco1)=C3.